The van der Waals surface area contributed by atoms with Gasteiger partial charge in [0.25, 0.3) is 0 Å². The quantitative estimate of drug-likeness (QED) is 0.400. The lowest BCUT2D eigenvalue weighted by molar-refractivity contribution is -0.137. The van der Waals surface area contributed by atoms with Gasteiger partial charge in [-0.25, -0.2) is 9.59 Å². The molecule has 0 aromatic rings. The van der Waals surface area contributed by atoms with Gasteiger partial charge in [0.15, 0.2) is 0 Å². The Bertz CT molecular complexity index is 540. The standard InChI is InChI=1S/C16H24N2O4S/c1-6-7-8-17-9-10-18(11(2)3)14(17)12(15(19)21-4)13(23)16(20)22-5/h9-11H,6-8H2,1-5H3/b14-12-. The van der Waals surface area contributed by atoms with Gasteiger partial charge in [-0.1, -0.05) is 25.6 Å². The van der Waals surface area contributed by atoms with Crippen LogP contribution in [0.1, 0.15) is 33.6 Å². The third-order valence-electron chi connectivity index (χ3n) is 3.44. The molecule has 128 valence electrons. The fraction of sp³-hybridized carbons (Fsp3) is 0.562. The second-order valence-corrected chi connectivity index (χ2v) is 5.77. The molecule has 0 spiro atoms. The van der Waals surface area contributed by atoms with E-state index in [-0.39, 0.29) is 16.5 Å². The molecule has 0 N–H and O–H groups in total. The molecular formula is C16H24N2O4S. The Labute approximate surface area is 142 Å². The zero-order valence-electron chi connectivity index (χ0n) is 14.3. The van der Waals surface area contributed by atoms with Crippen LogP contribution in [0.4, 0.5) is 0 Å². The van der Waals surface area contributed by atoms with Gasteiger partial charge in [-0.2, -0.15) is 0 Å². The summed E-state index contributed by atoms with van der Waals surface area (Å²) in [4.78, 5) is 27.8. The summed E-state index contributed by atoms with van der Waals surface area (Å²) in [5.74, 6) is -0.805. The molecular weight excluding hydrogens is 316 g/mol. The van der Waals surface area contributed by atoms with Gasteiger partial charge in [0.05, 0.1) is 14.2 Å². The smallest absolute Gasteiger partial charge is 0.349 e. The first kappa shape index (κ1) is 19.2. The molecule has 0 bridgehead atoms. The maximum atomic E-state index is 12.3. The molecule has 6 nitrogen and oxygen atoms in total. The Hall–Kier alpha value is -1.89. The van der Waals surface area contributed by atoms with E-state index in [1.165, 1.54) is 14.2 Å². The second kappa shape index (κ2) is 8.67. The fourth-order valence-corrected chi connectivity index (χ4v) is 2.48. The number of carbonyl (C=O) groups is 2. The number of ether oxygens (including phenoxy) is 2. The number of methoxy groups -OCH3 is 2. The highest BCUT2D eigenvalue weighted by Gasteiger charge is 2.34. The summed E-state index contributed by atoms with van der Waals surface area (Å²) in [7, 11) is 2.50. The van der Waals surface area contributed by atoms with E-state index in [9.17, 15) is 9.59 Å². The van der Waals surface area contributed by atoms with Crippen molar-refractivity contribution in [2.75, 3.05) is 20.8 Å². The third kappa shape index (κ3) is 4.31. The molecule has 0 saturated heterocycles. The molecule has 0 aromatic carbocycles. The van der Waals surface area contributed by atoms with Crippen LogP contribution in [-0.4, -0.2) is 53.4 Å². The summed E-state index contributed by atoms with van der Waals surface area (Å²) >= 11 is 5.17. The summed E-state index contributed by atoms with van der Waals surface area (Å²) in [5.41, 5.74) is 0.0594. The molecule has 0 atom stereocenters. The van der Waals surface area contributed by atoms with E-state index < -0.39 is 11.9 Å². The number of hydrogen-bond donors (Lipinski definition) is 0. The number of nitrogens with zero attached hydrogens (tertiary/aromatic N) is 2. The van der Waals surface area contributed by atoms with Crippen LogP contribution in [0, 0.1) is 0 Å². The van der Waals surface area contributed by atoms with E-state index in [0.717, 1.165) is 19.4 Å². The first-order valence-corrected chi connectivity index (χ1v) is 7.98. The summed E-state index contributed by atoms with van der Waals surface area (Å²) in [6.45, 7) is 6.78. The minimum absolute atomic E-state index is 0.0594. The molecule has 0 aliphatic carbocycles. The molecule has 23 heavy (non-hydrogen) atoms. The zero-order valence-corrected chi connectivity index (χ0v) is 15.1. The van der Waals surface area contributed by atoms with Crippen molar-refractivity contribution in [2.45, 2.75) is 39.7 Å². The van der Waals surface area contributed by atoms with E-state index in [1.807, 2.05) is 36.0 Å². The van der Waals surface area contributed by atoms with Crippen molar-refractivity contribution in [1.29, 1.82) is 0 Å². The normalized spacial score (nSPS) is 15.9. The number of hydrogen-bond acceptors (Lipinski definition) is 7. The predicted octanol–water partition coefficient (Wildman–Crippen LogP) is 2.21. The SMILES string of the molecule is CCCCN1C=CN(C(C)C)/C1=C(\C(=O)OC)C(=S)C(=O)OC. The van der Waals surface area contributed by atoms with Crippen LogP contribution in [0.5, 0.6) is 0 Å². The van der Waals surface area contributed by atoms with Crippen LogP contribution in [0.3, 0.4) is 0 Å². The lowest BCUT2D eigenvalue weighted by atomic mass is 10.1. The van der Waals surface area contributed by atoms with Gasteiger partial charge in [0.1, 0.15) is 16.3 Å². The molecule has 1 aliphatic heterocycles. The number of thiocarbonyl (C=S) groups is 1. The van der Waals surface area contributed by atoms with Crippen molar-refractivity contribution in [3.63, 3.8) is 0 Å². The fourth-order valence-electron chi connectivity index (χ4n) is 2.22. The van der Waals surface area contributed by atoms with Gasteiger partial charge in [-0.05, 0) is 20.3 Å². The molecule has 0 aromatic heterocycles. The van der Waals surface area contributed by atoms with E-state index in [4.69, 9.17) is 17.0 Å². The highest BCUT2D eigenvalue weighted by Crippen LogP contribution is 2.27. The molecule has 1 heterocycles. The van der Waals surface area contributed by atoms with Gasteiger partial charge in [0.2, 0.25) is 0 Å². The summed E-state index contributed by atoms with van der Waals surface area (Å²) in [6.07, 6.45) is 5.71. The first-order chi connectivity index (χ1) is 10.9. The topological polar surface area (TPSA) is 59.1 Å². The van der Waals surface area contributed by atoms with Crippen molar-refractivity contribution in [3.05, 3.63) is 23.8 Å². The minimum Gasteiger partial charge on any atom is -0.465 e. The van der Waals surface area contributed by atoms with Gasteiger partial charge < -0.3 is 19.3 Å². The number of unbranched alkanes of at least 4 members (excludes halogenated alkanes) is 1. The molecule has 1 aliphatic rings. The van der Waals surface area contributed by atoms with Crippen LogP contribution in [-0.2, 0) is 19.1 Å². The number of carbonyl (C=O) groups excluding carboxylic acids is 2. The van der Waals surface area contributed by atoms with Crippen LogP contribution in [0.15, 0.2) is 23.8 Å². The molecule has 0 radical (unpaired) electrons. The maximum absolute atomic E-state index is 12.3. The Morgan fingerprint density at radius 1 is 1.17 bits per heavy atom. The van der Waals surface area contributed by atoms with Crippen LogP contribution < -0.4 is 0 Å². The summed E-state index contributed by atoms with van der Waals surface area (Å²) in [6, 6.07) is 0.0907. The first-order valence-electron chi connectivity index (χ1n) is 7.57. The Morgan fingerprint density at radius 2 is 1.78 bits per heavy atom. The summed E-state index contributed by atoms with van der Waals surface area (Å²) in [5, 5.41) is 0. The predicted molar refractivity (Wildman–Crippen MR) is 91.4 cm³/mol. The van der Waals surface area contributed by atoms with Gasteiger partial charge in [-0.15, -0.1) is 0 Å². The average Bonchev–Trinajstić information content (AvgIpc) is 2.95. The highest BCUT2D eigenvalue weighted by atomic mass is 32.1. The third-order valence-corrected chi connectivity index (χ3v) is 3.81. The lowest BCUT2D eigenvalue weighted by Crippen LogP contribution is -2.35. The van der Waals surface area contributed by atoms with Crippen LogP contribution in [0.2, 0.25) is 0 Å². The molecule has 1 rings (SSSR count). The molecule has 7 heteroatoms. The Morgan fingerprint density at radius 3 is 2.26 bits per heavy atom. The minimum atomic E-state index is -0.723. The molecule has 0 saturated carbocycles. The largest absolute Gasteiger partial charge is 0.465 e. The lowest BCUT2D eigenvalue weighted by Gasteiger charge is -2.29. The van der Waals surface area contributed by atoms with Gasteiger partial charge in [0, 0.05) is 25.0 Å². The van der Waals surface area contributed by atoms with E-state index >= 15 is 0 Å². The van der Waals surface area contributed by atoms with Gasteiger partial charge in [-0.3, -0.25) is 0 Å². The number of rotatable bonds is 7. The zero-order chi connectivity index (χ0) is 17.6. The van der Waals surface area contributed by atoms with Crippen molar-refractivity contribution >= 4 is 29.0 Å². The number of esters is 2. The molecule has 0 fully saturated rings. The van der Waals surface area contributed by atoms with Crippen molar-refractivity contribution in [2.24, 2.45) is 0 Å². The van der Waals surface area contributed by atoms with E-state index in [0.29, 0.717) is 5.82 Å². The molecule has 0 unspecified atom stereocenters. The van der Waals surface area contributed by atoms with Gasteiger partial charge >= 0.3 is 11.9 Å². The van der Waals surface area contributed by atoms with Crippen LogP contribution >= 0.6 is 12.2 Å². The van der Waals surface area contributed by atoms with Crippen LogP contribution in [0.25, 0.3) is 0 Å². The van der Waals surface area contributed by atoms with Crippen molar-refractivity contribution < 1.29 is 19.1 Å². The second-order valence-electron chi connectivity index (χ2n) is 5.36. The average molecular weight is 340 g/mol. The van der Waals surface area contributed by atoms with Crippen molar-refractivity contribution in [1.82, 2.24) is 9.80 Å². The van der Waals surface area contributed by atoms with Crippen molar-refractivity contribution in [3.8, 4) is 0 Å². The monoisotopic (exact) mass is 340 g/mol. The summed E-state index contributed by atoms with van der Waals surface area (Å²) < 4.78 is 9.53. The Balaban J connectivity index is 3.42. The highest BCUT2D eigenvalue weighted by molar-refractivity contribution is 7.82. The van der Waals surface area contributed by atoms with E-state index in [1.54, 1.807) is 0 Å². The Kier molecular flexibility index (Phi) is 7.22. The molecule has 0 amide bonds. The van der Waals surface area contributed by atoms with E-state index in [2.05, 4.69) is 11.7 Å². The maximum Gasteiger partial charge on any atom is 0.349 e.